The standard InChI is InChI=1S/2C16H13.2C6H4Cl.2ClH.Si.Zr/c2*1-12-10-14-8-5-9-15(16(14)11-12)13-6-3-2-4-7-13;2*7-6-4-2-1-3-5-6;;;;/h2*2-11H,1H3;2*2-5H;2*1H;;/q4*-1;;;;+2/p-2. The average molecular weight is 824 g/mol. The van der Waals surface area contributed by atoms with Crippen molar-refractivity contribution in [1.82, 2.24) is 0 Å². The fraction of sp³-hybridized carbons (Fsp3) is 0.0455. The molecule has 2 radical (unpaired) electrons. The van der Waals surface area contributed by atoms with Crippen LogP contribution in [-0.2, 0) is 18.0 Å². The molecule has 0 aliphatic rings. The molecule has 0 atom stereocenters. The van der Waals surface area contributed by atoms with E-state index in [0.717, 1.165) is 10.0 Å². The van der Waals surface area contributed by atoms with Crippen LogP contribution in [0, 0.1) is 26.0 Å². The first kappa shape index (κ1) is 39.6. The zero-order valence-corrected chi connectivity index (χ0v) is 34.2. The second-order valence-electron chi connectivity index (χ2n) is 11.1. The summed E-state index contributed by atoms with van der Waals surface area (Å²) in [6.45, 7) is 7.33. The van der Waals surface area contributed by atoms with Crippen molar-refractivity contribution in [2.24, 2.45) is 0 Å². The van der Waals surface area contributed by atoms with Crippen molar-refractivity contribution in [3.63, 3.8) is 0 Å². The van der Waals surface area contributed by atoms with E-state index in [9.17, 15) is 0 Å². The Morgan fingerprint density at radius 2 is 0.840 bits per heavy atom. The molecule has 0 aromatic heterocycles. The van der Waals surface area contributed by atoms with Crippen LogP contribution in [0.1, 0.15) is 11.1 Å². The van der Waals surface area contributed by atoms with Gasteiger partial charge in [-0.1, -0.05) is 108 Å². The van der Waals surface area contributed by atoms with E-state index in [0.29, 0.717) is 0 Å². The number of hydrogen-bond acceptors (Lipinski definition) is 0. The van der Waals surface area contributed by atoms with Crippen molar-refractivity contribution in [1.29, 1.82) is 0 Å². The van der Waals surface area contributed by atoms with Crippen LogP contribution in [0.25, 0.3) is 43.8 Å². The third-order valence-corrected chi connectivity index (χ3v) is 7.82. The molecule has 8 aromatic rings. The van der Waals surface area contributed by atoms with E-state index in [4.69, 9.17) is 40.2 Å². The fourth-order valence-electron chi connectivity index (χ4n) is 5.24. The summed E-state index contributed by atoms with van der Waals surface area (Å²) in [5.74, 6) is 0. The van der Waals surface area contributed by atoms with Crippen molar-refractivity contribution < 1.29 is 18.0 Å². The summed E-state index contributed by atoms with van der Waals surface area (Å²) in [4.78, 5) is 0. The summed E-state index contributed by atoms with van der Waals surface area (Å²) in [6.07, 6.45) is 0. The monoisotopic (exact) mass is 820 g/mol. The van der Waals surface area contributed by atoms with Crippen LogP contribution < -0.4 is 0 Å². The van der Waals surface area contributed by atoms with Crippen LogP contribution in [0.5, 0.6) is 0 Å². The first-order chi connectivity index (χ1) is 24.2. The van der Waals surface area contributed by atoms with Crippen LogP contribution in [0.2, 0.25) is 10.0 Å². The molecule has 0 amide bonds. The molecule has 8 aromatic carbocycles. The third-order valence-electron chi connectivity index (χ3n) is 7.31. The van der Waals surface area contributed by atoms with Gasteiger partial charge in [0.05, 0.1) is 0 Å². The third kappa shape index (κ3) is 13.2. The summed E-state index contributed by atoms with van der Waals surface area (Å²) in [7, 11) is 10.3. The van der Waals surface area contributed by atoms with Gasteiger partial charge in [-0.05, 0) is 11.1 Å². The van der Waals surface area contributed by atoms with Crippen LogP contribution in [0.4, 0.5) is 0 Å². The van der Waals surface area contributed by atoms with Crippen LogP contribution in [0.15, 0.2) is 170 Å². The molecule has 0 heterocycles. The van der Waals surface area contributed by atoms with E-state index < -0.39 is 18.0 Å². The van der Waals surface area contributed by atoms with Gasteiger partial charge in [0.25, 0.3) is 0 Å². The van der Waals surface area contributed by atoms with E-state index in [1.165, 1.54) is 54.9 Å². The summed E-state index contributed by atoms with van der Waals surface area (Å²) in [5, 5.41) is 6.90. The van der Waals surface area contributed by atoms with Gasteiger partial charge in [0, 0.05) is 0 Å². The maximum absolute atomic E-state index is 5.52. The Bertz CT molecular complexity index is 2020. The van der Waals surface area contributed by atoms with Gasteiger partial charge in [0.15, 0.2) is 0 Å². The molecule has 0 fully saturated rings. The maximum atomic E-state index is 5.52. The normalized spacial score (nSPS) is 9.88. The molecule has 0 N–H and O–H groups in total. The zero-order valence-electron chi connectivity index (χ0n) is 27.7. The Morgan fingerprint density at radius 1 is 0.500 bits per heavy atom. The zero-order chi connectivity index (χ0) is 35.7. The van der Waals surface area contributed by atoms with Crippen molar-refractivity contribution >= 4 is 68.7 Å². The minimum absolute atomic E-state index is 0.763. The van der Waals surface area contributed by atoms with Gasteiger partial charge in [-0.2, -0.15) is 72.8 Å². The van der Waals surface area contributed by atoms with Gasteiger partial charge in [0.1, 0.15) is 0 Å². The van der Waals surface area contributed by atoms with Gasteiger partial charge in [-0.3, -0.25) is 0 Å². The molecule has 250 valence electrons. The molecule has 0 bridgehead atoms. The fourth-order valence-corrected chi connectivity index (χ4v) is 5.49. The number of aryl methyl sites for hydroxylation is 2. The molecule has 0 nitrogen and oxygen atoms in total. The van der Waals surface area contributed by atoms with Crippen molar-refractivity contribution in [3.8, 4) is 22.3 Å². The summed E-state index contributed by atoms with van der Waals surface area (Å²) < 4.78 is 0. The van der Waals surface area contributed by atoms with Crippen LogP contribution in [-0.4, -0.2) is 6.88 Å². The summed E-state index contributed by atoms with van der Waals surface area (Å²) in [5.41, 5.74) is 7.89. The number of hydrogen-bond donors (Lipinski definition) is 0. The van der Waals surface area contributed by atoms with Crippen molar-refractivity contribution in [3.05, 3.63) is 203 Å². The Morgan fingerprint density at radius 3 is 1.14 bits per heavy atom. The first-order valence-corrected chi connectivity index (χ1v) is 27.0. The molecule has 0 aliphatic heterocycles. The second kappa shape index (κ2) is 21.2. The molecular formula is C44H34Cl4SiZr-4. The van der Waals surface area contributed by atoms with Gasteiger partial charge in [-0.15, -0.1) is 92.3 Å². The predicted molar refractivity (Wildman–Crippen MR) is 217 cm³/mol. The van der Waals surface area contributed by atoms with Gasteiger partial charge in [-0.25, -0.2) is 0 Å². The molecular weight excluding hydrogens is 790 g/mol. The molecule has 0 aliphatic carbocycles. The molecule has 0 spiro atoms. The van der Waals surface area contributed by atoms with Gasteiger partial charge < -0.3 is 0 Å². The second-order valence-corrected chi connectivity index (χ2v) is 25.6. The Kier molecular flexibility index (Phi) is 16.8. The van der Waals surface area contributed by atoms with Crippen LogP contribution >= 0.6 is 40.2 Å². The topological polar surface area (TPSA) is 0 Å². The number of benzene rings is 6. The molecule has 0 unspecified atom stereocenters. The average Bonchev–Trinajstić information content (AvgIpc) is 3.71. The van der Waals surface area contributed by atoms with Crippen molar-refractivity contribution in [2.75, 3.05) is 0 Å². The summed E-state index contributed by atoms with van der Waals surface area (Å²) >= 11 is 9.25. The Balaban J connectivity index is 0.000000154. The van der Waals surface area contributed by atoms with Crippen molar-refractivity contribution in [2.45, 2.75) is 13.8 Å². The summed E-state index contributed by atoms with van der Waals surface area (Å²) in [6, 6.07) is 63.1. The van der Waals surface area contributed by atoms with Crippen LogP contribution in [0.3, 0.4) is 0 Å². The molecule has 0 saturated heterocycles. The molecule has 6 heteroatoms. The van der Waals surface area contributed by atoms with Gasteiger partial charge >= 0.3 is 41.9 Å². The first-order valence-electron chi connectivity index (χ1n) is 15.8. The molecule has 0 saturated carbocycles. The Hall–Kier alpha value is -3.20. The number of halogens is 4. The number of rotatable bonds is 2. The quantitative estimate of drug-likeness (QED) is 0.120. The van der Waals surface area contributed by atoms with E-state index >= 15 is 0 Å². The van der Waals surface area contributed by atoms with Gasteiger partial charge in [0.2, 0.25) is 0 Å². The van der Waals surface area contributed by atoms with E-state index in [-0.39, 0.29) is 0 Å². The number of fused-ring (bicyclic) bond motifs is 2. The predicted octanol–water partition coefficient (Wildman–Crippen LogP) is 14.3. The Labute approximate surface area is 323 Å². The molecule has 8 rings (SSSR count). The van der Waals surface area contributed by atoms with E-state index in [1.807, 2.05) is 0 Å². The minimum atomic E-state index is -1.79. The van der Waals surface area contributed by atoms with E-state index in [2.05, 4.69) is 154 Å². The van der Waals surface area contributed by atoms with E-state index in [1.54, 1.807) is 48.5 Å². The molecule has 50 heavy (non-hydrogen) atoms. The SMILES string of the molecule is Cc1cc2c(-c3ccccc3)cccc2[cH-]1.Cc1cc2c(-c3ccccc3)cccc2[cH-]1.Clc1cc[c-]cc1.Clc1cc[c-]cc1.[Si]=[Zr]([Cl])[Cl].